The number of aryl methyl sites for hydroxylation is 1. The van der Waals surface area contributed by atoms with Gasteiger partial charge in [0.25, 0.3) is 0 Å². The summed E-state index contributed by atoms with van der Waals surface area (Å²) in [6.07, 6.45) is 5.53. The topological polar surface area (TPSA) is 43.8 Å². The fourth-order valence-corrected chi connectivity index (χ4v) is 4.11. The van der Waals surface area contributed by atoms with Gasteiger partial charge in [0, 0.05) is 32.7 Å². The number of benzene rings is 1. The number of rotatable bonds is 5. The molecule has 0 radical (unpaired) electrons. The smallest absolute Gasteiger partial charge is 0.325 e. The first kappa shape index (κ1) is 16.5. The van der Waals surface area contributed by atoms with Crippen LogP contribution in [0.2, 0.25) is 0 Å². The number of nitrogens with zero attached hydrogens (tertiary/aromatic N) is 2. The largest absolute Gasteiger partial charge is 0.480 e. The molecule has 1 saturated carbocycles. The Morgan fingerprint density at radius 2 is 1.91 bits per heavy atom. The summed E-state index contributed by atoms with van der Waals surface area (Å²) in [4.78, 5) is 16.5. The summed E-state index contributed by atoms with van der Waals surface area (Å²) in [5.41, 5.74) is 2.02. The summed E-state index contributed by atoms with van der Waals surface area (Å²) in [6.45, 7) is 6.89. The third kappa shape index (κ3) is 4.12. The molecule has 23 heavy (non-hydrogen) atoms. The van der Waals surface area contributed by atoms with Gasteiger partial charge in [-0.05, 0) is 31.2 Å². The fourth-order valence-electron chi connectivity index (χ4n) is 4.11. The van der Waals surface area contributed by atoms with E-state index in [0.29, 0.717) is 0 Å². The molecule has 1 atom stereocenters. The third-order valence-electron chi connectivity index (χ3n) is 5.35. The highest BCUT2D eigenvalue weighted by molar-refractivity contribution is 5.75. The lowest BCUT2D eigenvalue weighted by Crippen LogP contribution is -2.50. The van der Waals surface area contributed by atoms with E-state index in [2.05, 4.69) is 9.80 Å². The molecule has 4 heteroatoms. The molecule has 0 spiro atoms. The fraction of sp³-hybridized carbons (Fsp3) is 0.632. The van der Waals surface area contributed by atoms with Gasteiger partial charge in [0.2, 0.25) is 0 Å². The standard InChI is InChI=1S/C19H28N2O2/c1-15-5-4-8-17(13-15)18(19(22)23)21-11-9-20(10-12-21)14-16-6-2-3-7-16/h4-5,8,13,16,18H,2-3,6-7,9-12,14H2,1H3,(H,22,23). The van der Waals surface area contributed by atoms with Gasteiger partial charge < -0.3 is 10.0 Å². The average molecular weight is 316 g/mol. The monoisotopic (exact) mass is 316 g/mol. The maximum Gasteiger partial charge on any atom is 0.325 e. The number of carbonyl (C=O) groups is 1. The molecule has 2 fully saturated rings. The first-order valence-electron chi connectivity index (χ1n) is 8.89. The Morgan fingerprint density at radius 3 is 2.52 bits per heavy atom. The minimum Gasteiger partial charge on any atom is -0.480 e. The molecule has 0 bridgehead atoms. The maximum atomic E-state index is 11.8. The van der Waals surface area contributed by atoms with E-state index in [1.165, 1.54) is 32.2 Å². The molecule has 3 rings (SSSR count). The van der Waals surface area contributed by atoms with Gasteiger partial charge in [0.15, 0.2) is 0 Å². The van der Waals surface area contributed by atoms with E-state index in [4.69, 9.17) is 0 Å². The Balaban J connectivity index is 1.60. The lowest BCUT2D eigenvalue weighted by Gasteiger charge is -2.38. The maximum absolute atomic E-state index is 11.8. The molecule has 1 heterocycles. The molecule has 1 aliphatic carbocycles. The zero-order valence-corrected chi connectivity index (χ0v) is 14.1. The summed E-state index contributed by atoms with van der Waals surface area (Å²) >= 11 is 0. The predicted molar refractivity (Wildman–Crippen MR) is 91.5 cm³/mol. The van der Waals surface area contributed by atoms with Crippen LogP contribution in [-0.4, -0.2) is 53.6 Å². The molecule has 1 unspecified atom stereocenters. The van der Waals surface area contributed by atoms with E-state index in [-0.39, 0.29) is 0 Å². The summed E-state index contributed by atoms with van der Waals surface area (Å²) in [5.74, 6) is 0.133. The Morgan fingerprint density at radius 1 is 1.22 bits per heavy atom. The molecule has 1 aromatic carbocycles. The second kappa shape index (κ2) is 7.45. The van der Waals surface area contributed by atoms with E-state index in [0.717, 1.165) is 43.2 Å². The molecular weight excluding hydrogens is 288 g/mol. The number of piperazine rings is 1. The minimum absolute atomic E-state index is 0.511. The number of hydrogen-bond acceptors (Lipinski definition) is 3. The van der Waals surface area contributed by atoms with E-state index in [1.54, 1.807) is 0 Å². The molecule has 0 aromatic heterocycles. The third-order valence-corrected chi connectivity index (χ3v) is 5.35. The summed E-state index contributed by atoms with van der Waals surface area (Å²) < 4.78 is 0. The van der Waals surface area contributed by atoms with Gasteiger partial charge in [-0.2, -0.15) is 0 Å². The second-order valence-electron chi connectivity index (χ2n) is 7.14. The van der Waals surface area contributed by atoms with Crippen LogP contribution >= 0.6 is 0 Å². The Bertz CT molecular complexity index is 532. The number of carboxylic acid groups (broad SMARTS) is 1. The van der Waals surface area contributed by atoms with Crippen LogP contribution in [0.1, 0.15) is 42.9 Å². The van der Waals surface area contributed by atoms with Gasteiger partial charge in [0.05, 0.1) is 0 Å². The van der Waals surface area contributed by atoms with E-state index in [1.807, 2.05) is 31.2 Å². The predicted octanol–water partition coefficient (Wildman–Crippen LogP) is 2.93. The minimum atomic E-state index is -0.736. The Labute approximate surface area is 139 Å². The van der Waals surface area contributed by atoms with Gasteiger partial charge >= 0.3 is 5.97 Å². The van der Waals surface area contributed by atoms with Crippen molar-refractivity contribution < 1.29 is 9.90 Å². The second-order valence-corrected chi connectivity index (χ2v) is 7.14. The van der Waals surface area contributed by atoms with Crippen LogP contribution in [0.15, 0.2) is 24.3 Å². The highest BCUT2D eigenvalue weighted by Crippen LogP contribution is 2.27. The van der Waals surface area contributed by atoms with E-state index in [9.17, 15) is 9.90 Å². The van der Waals surface area contributed by atoms with E-state index >= 15 is 0 Å². The highest BCUT2D eigenvalue weighted by atomic mass is 16.4. The van der Waals surface area contributed by atoms with Crippen molar-refractivity contribution in [3.8, 4) is 0 Å². The van der Waals surface area contributed by atoms with Crippen LogP contribution in [0, 0.1) is 12.8 Å². The van der Waals surface area contributed by atoms with Gasteiger partial charge in [-0.1, -0.05) is 42.7 Å². The molecule has 0 amide bonds. The van der Waals surface area contributed by atoms with Crippen molar-refractivity contribution >= 4 is 5.97 Å². The van der Waals surface area contributed by atoms with Crippen LogP contribution in [0.4, 0.5) is 0 Å². The van der Waals surface area contributed by atoms with Crippen molar-refractivity contribution in [2.75, 3.05) is 32.7 Å². The molecule has 2 aliphatic rings. The van der Waals surface area contributed by atoms with Crippen molar-refractivity contribution in [2.24, 2.45) is 5.92 Å². The zero-order valence-electron chi connectivity index (χ0n) is 14.1. The molecule has 126 valence electrons. The zero-order chi connectivity index (χ0) is 16.2. The van der Waals surface area contributed by atoms with Crippen LogP contribution in [0.25, 0.3) is 0 Å². The van der Waals surface area contributed by atoms with Crippen molar-refractivity contribution in [3.63, 3.8) is 0 Å². The lowest BCUT2D eigenvalue weighted by atomic mass is 10.0. The number of aliphatic carboxylic acids is 1. The van der Waals surface area contributed by atoms with Gasteiger partial charge in [-0.3, -0.25) is 9.69 Å². The highest BCUT2D eigenvalue weighted by Gasteiger charge is 2.31. The van der Waals surface area contributed by atoms with Gasteiger partial charge in [-0.25, -0.2) is 0 Å². The van der Waals surface area contributed by atoms with Crippen molar-refractivity contribution in [1.29, 1.82) is 0 Å². The van der Waals surface area contributed by atoms with Crippen molar-refractivity contribution in [1.82, 2.24) is 9.80 Å². The summed E-state index contributed by atoms with van der Waals surface area (Å²) in [5, 5.41) is 9.71. The number of carboxylic acids is 1. The molecular formula is C19H28N2O2. The van der Waals surface area contributed by atoms with Crippen LogP contribution in [0.5, 0.6) is 0 Å². The first-order chi connectivity index (χ1) is 11.1. The van der Waals surface area contributed by atoms with Gasteiger partial charge in [0.1, 0.15) is 6.04 Å². The lowest BCUT2D eigenvalue weighted by molar-refractivity contribution is -0.144. The van der Waals surface area contributed by atoms with Crippen LogP contribution < -0.4 is 0 Å². The molecule has 1 aliphatic heterocycles. The Kier molecular flexibility index (Phi) is 5.34. The molecule has 1 saturated heterocycles. The van der Waals surface area contributed by atoms with Gasteiger partial charge in [-0.15, -0.1) is 0 Å². The summed E-state index contributed by atoms with van der Waals surface area (Å²) in [6, 6.07) is 7.41. The SMILES string of the molecule is Cc1cccc(C(C(=O)O)N2CCN(CC3CCCC3)CC2)c1. The summed E-state index contributed by atoms with van der Waals surface area (Å²) in [7, 11) is 0. The van der Waals surface area contributed by atoms with Crippen molar-refractivity contribution in [3.05, 3.63) is 35.4 Å². The first-order valence-corrected chi connectivity index (χ1v) is 8.89. The van der Waals surface area contributed by atoms with Crippen LogP contribution in [-0.2, 0) is 4.79 Å². The quantitative estimate of drug-likeness (QED) is 0.907. The van der Waals surface area contributed by atoms with Crippen molar-refractivity contribution in [2.45, 2.75) is 38.6 Å². The Hall–Kier alpha value is -1.39. The molecule has 1 N–H and O–H groups in total. The molecule has 4 nitrogen and oxygen atoms in total. The number of hydrogen-bond donors (Lipinski definition) is 1. The van der Waals surface area contributed by atoms with Crippen LogP contribution in [0.3, 0.4) is 0 Å². The average Bonchev–Trinajstić information content (AvgIpc) is 3.02. The van der Waals surface area contributed by atoms with E-state index < -0.39 is 12.0 Å². The normalized spacial score (nSPS) is 22.3. The molecule has 1 aromatic rings.